The predicted molar refractivity (Wildman–Crippen MR) is 122 cm³/mol. The average molecular weight is 447 g/mol. The second-order valence-electron chi connectivity index (χ2n) is 9.70. The van der Waals surface area contributed by atoms with Gasteiger partial charge in [0.25, 0.3) is 5.56 Å². The second kappa shape index (κ2) is 7.30. The molecule has 2 fully saturated rings. The highest BCUT2D eigenvalue weighted by atomic mass is 16.5. The molecule has 4 aliphatic carbocycles. The van der Waals surface area contributed by atoms with E-state index in [1.54, 1.807) is 28.8 Å². The number of carboxylic acids is 1. The lowest BCUT2D eigenvalue weighted by Crippen LogP contribution is -2.28. The zero-order valence-corrected chi connectivity index (χ0v) is 18.5. The number of hydrogen-bond acceptors (Lipinski definition) is 5. The highest BCUT2D eigenvalue weighted by Gasteiger charge is 2.55. The number of carbonyl (C=O) groups is 1. The smallest absolute Gasteiger partial charge is 0.307 e. The number of aromatic nitrogens is 4. The molecule has 0 aliphatic heterocycles. The average Bonchev–Trinajstić information content (AvgIpc) is 3.39. The monoisotopic (exact) mass is 446 g/mol. The van der Waals surface area contributed by atoms with Crippen molar-refractivity contribution in [2.45, 2.75) is 57.4 Å². The van der Waals surface area contributed by atoms with E-state index in [1.165, 1.54) is 12.0 Å². The highest BCUT2D eigenvalue weighted by Crippen LogP contribution is 2.62. The minimum atomic E-state index is -0.888. The number of rotatable bonds is 7. The van der Waals surface area contributed by atoms with Crippen LogP contribution in [0.25, 0.3) is 11.2 Å². The number of imidazole rings is 1. The first-order valence-corrected chi connectivity index (χ1v) is 11.7. The van der Waals surface area contributed by atoms with Crippen molar-refractivity contribution >= 4 is 17.1 Å². The van der Waals surface area contributed by atoms with Gasteiger partial charge in [-0.3, -0.25) is 14.2 Å². The van der Waals surface area contributed by atoms with Crippen molar-refractivity contribution in [3.63, 3.8) is 0 Å². The van der Waals surface area contributed by atoms with Crippen molar-refractivity contribution in [1.29, 1.82) is 0 Å². The van der Waals surface area contributed by atoms with E-state index in [0.717, 1.165) is 37.4 Å². The molecular weight excluding hydrogens is 420 g/mol. The number of fused-ring (bicyclic) bond motifs is 1. The molecule has 2 N–H and O–H groups in total. The van der Waals surface area contributed by atoms with Crippen LogP contribution in [0.15, 0.2) is 40.7 Å². The Bertz CT molecular complexity index is 1350. The molecule has 3 atom stereocenters. The number of nitrogens with zero attached hydrogens (tertiary/aromatic N) is 3. The standard InChI is InChI=1S/C25H26N4O4/c1-2-7-29-22(32)20-21(28-24(29)33-18-5-3-14(4-6-18)11-19(30)31)27-23(26-20)25-12-15-8-16(13-25)10-17(25)9-15/h3-6,9,15-16H,2,7-8,10-13H2,1H3,(H,26,27)(H,30,31). The van der Waals surface area contributed by atoms with Gasteiger partial charge in [0.05, 0.1) is 11.8 Å². The molecule has 2 aromatic heterocycles. The summed E-state index contributed by atoms with van der Waals surface area (Å²) in [5.74, 6) is 1.84. The molecule has 170 valence electrons. The summed E-state index contributed by atoms with van der Waals surface area (Å²) in [6.45, 7) is 2.47. The zero-order chi connectivity index (χ0) is 22.7. The van der Waals surface area contributed by atoms with E-state index in [-0.39, 0.29) is 23.4 Å². The van der Waals surface area contributed by atoms with Gasteiger partial charge in [-0.1, -0.05) is 30.7 Å². The van der Waals surface area contributed by atoms with E-state index >= 15 is 0 Å². The lowest BCUT2D eigenvalue weighted by Gasteiger charge is -2.30. The van der Waals surface area contributed by atoms with Gasteiger partial charge < -0.3 is 14.8 Å². The van der Waals surface area contributed by atoms with Crippen molar-refractivity contribution in [3.8, 4) is 11.8 Å². The Kier molecular flexibility index (Phi) is 4.47. The molecule has 0 saturated heterocycles. The number of hydrogen-bond donors (Lipinski definition) is 2. The van der Waals surface area contributed by atoms with E-state index in [2.05, 4.69) is 16.0 Å². The number of carboxylic acid groups (broad SMARTS) is 1. The molecular formula is C25H26N4O4. The second-order valence-corrected chi connectivity index (χ2v) is 9.70. The Morgan fingerprint density at radius 2 is 2.09 bits per heavy atom. The quantitative estimate of drug-likeness (QED) is 0.532. The summed E-state index contributed by atoms with van der Waals surface area (Å²) in [6.07, 6.45) is 7.73. The van der Waals surface area contributed by atoms with E-state index < -0.39 is 5.97 Å². The fourth-order valence-corrected chi connectivity index (χ4v) is 6.17. The fraction of sp³-hybridized carbons (Fsp3) is 0.440. The van der Waals surface area contributed by atoms with Crippen LogP contribution < -0.4 is 10.3 Å². The summed E-state index contributed by atoms with van der Waals surface area (Å²) in [6, 6.07) is 7.00. The molecule has 8 nitrogen and oxygen atoms in total. The van der Waals surface area contributed by atoms with Gasteiger partial charge in [0.1, 0.15) is 11.6 Å². The third-order valence-corrected chi connectivity index (χ3v) is 7.41. The van der Waals surface area contributed by atoms with E-state index in [1.807, 2.05) is 6.92 Å². The molecule has 0 spiro atoms. The summed E-state index contributed by atoms with van der Waals surface area (Å²) < 4.78 is 7.54. The fourth-order valence-electron chi connectivity index (χ4n) is 6.17. The van der Waals surface area contributed by atoms with Crippen molar-refractivity contribution in [3.05, 3.63) is 57.7 Å². The number of H-pyrrole nitrogens is 1. The largest absolute Gasteiger partial charge is 0.481 e. The number of aromatic amines is 1. The van der Waals surface area contributed by atoms with E-state index in [9.17, 15) is 9.59 Å². The number of benzene rings is 1. The van der Waals surface area contributed by atoms with E-state index in [0.29, 0.717) is 34.9 Å². The van der Waals surface area contributed by atoms with Gasteiger partial charge in [-0.15, -0.1) is 0 Å². The Labute approximate surface area is 190 Å². The van der Waals surface area contributed by atoms with Crippen LogP contribution in [0.5, 0.6) is 11.8 Å². The summed E-state index contributed by atoms with van der Waals surface area (Å²) in [5, 5.41) is 8.96. The molecule has 3 unspecified atom stereocenters. The number of nitrogens with one attached hydrogen (secondary N) is 1. The lowest BCUT2D eigenvalue weighted by molar-refractivity contribution is -0.136. The Morgan fingerprint density at radius 1 is 1.27 bits per heavy atom. The maximum atomic E-state index is 13.4. The maximum Gasteiger partial charge on any atom is 0.307 e. The van der Waals surface area contributed by atoms with Gasteiger partial charge >= 0.3 is 12.0 Å². The number of aliphatic carboxylic acids is 1. The molecule has 0 amide bonds. The topological polar surface area (TPSA) is 110 Å². The molecule has 8 heteroatoms. The van der Waals surface area contributed by atoms with Crippen LogP contribution in [0.4, 0.5) is 0 Å². The normalized spacial score (nSPS) is 25.1. The van der Waals surface area contributed by atoms with Gasteiger partial charge in [0, 0.05) is 6.54 Å². The number of ether oxygens (including phenoxy) is 1. The zero-order valence-electron chi connectivity index (χ0n) is 18.5. The van der Waals surface area contributed by atoms with Crippen LogP contribution in [0, 0.1) is 11.8 Å². The SMILES string of the molecule is CCCn1c(Oc2ccc(CC(=O)O)cc2)nc2nc(C34CC5C=C3CC(C5)C4)[nH]c2c1=O. The highest BCUT2D eigenvalue weighted by molar-refractivity contribution is 5.71. The van der Waals surface area contributed by atoms with Gasteiger partial charge in [-0.05, 0) is 61.6 Å². The minimum Gasteiger partial charge on any atom is -0.481 e. The minimum absolute atomic E-state index is 0.0546. The van der Waals surface area contributed by atoms with Gasteiger partial charge in [0.15, 0.2) is 11.2 Å². The summed E-state index contributed by atoms with van der Waals surface area (Å²) in [4.78, 5) is 37.1. The Morgan fingerprint density at radius 3 is 2.82 bits per heavy atom. The molecule has 2 saturated carbocycles. The predicted octanol–water partition coefficient (Wildman–Crippen LogP) is 3.95. The summed E-state index contributed by atoms with van der Waals surface area (Å²) >= 11 is 0. The molecule has 2 heterocycles. The van der Waals surface area contributed by atoms with Crippen molar-refractivity contribution in [2.75, 3.05) is 0 Å². The van der Waals surface area contributed by atoms with Crippen LogP contribution in [-0.4, -0.2) is 30.6 Å². The molecule has 4 aliphatic rings. The van der Waals surface area contributed by atoms with Gasteiger partial charge in [0.2, 0.25) is 0 Å². The van der Waals surface area contributed by atoms with E-state index in [4.69, 9.17) is 14.8 Å². The molecule has 1 aromatic carbocycles. The maximum absolute atomic E-state index is 13.4. The van der Waals surface area contributed by atoms with Crippen LogP contribution in [0.2, 0.25) is 0 Å². The summed E-state index contributed by atoms with van der Waals surface area (Å²) in [5.41, 5.74) is 2.74. The van der Waals surface area contributed by atoms with Crippen molar-refractivity contribution < 1.29 is 14.6 Å². The van der Waals surface area contributed by atoms with Crippen molar-refractivity contribution in [2.24, 2.45) is 11.8 Å². The third-order valence-electron chi connectivity index (χ3n) is 7.41. The Hall–Kier alpha value is -3.42. The molecule has 0 radical (unpaired) electrons. The van der Waals surface area contributed by atoms with Crippen LogP contribution in [0.1, 0.15) is 50.4 Å². The molecule has 7 rings (SSSR count). The molecule has 3 aromatic rings. The first-order valence-electron chi connectivity index (χ1n) is 11.7. The number of allylic oxidation sites excluding steroid dienone is 2. The van der Waals surface area contributed by atoms with Crippen molar-refractivity contribution in [1.82, 2.24) is 19.5 Å². The van der Waals surface area contributed by atoms with Crippen LogP contribution >= 0.6 is 0 Å². The van der Waals surface area contributed by atoms with Gasteiger partial charge in [-0.2, -0.15) is 4.98 Å². The molecule has 33 heavy (non-hydrogen) atoms. The summed E-state index contributed by atoms with van der Waals surface area (Å²) in [7, 11) is 0. The van der Waals surface area contributed by atoms with Gasteiger partial charge in [-0.25, -0.2) is 4.98 Å². The molecule has 4 bridgehead atoms. The lowest BCUT2D eigenvalue weighted by atomic mass is 9.74. The van der Waals surface area contributed by atoms with Crippen LogP contribution in [-0.2, 0) is 23.2 Å². The first kappa shape index (κ1) is 20.2. The third kappa shape index (κ3) is 3.19. The van der Waals surface area contributed by atoms with Crippen LogP contribution in [0.3, 0.4) is 0 Å². The Balaban J connectivity index is 1.38. The first-order chi connectivity index (χ1) is 15.9.